The Balaban J connectivity index is 0. The van der Waals surface area contributed by atoms with E-state index in [1.807, 2.05) is 0 Å². The molecule has 0 aromatic carbocycles. The third kappa shape index (κ3) is 8.97. The average Bonchev–Trinajstić information content (AvgIpc) is 0. The van der Waals surface area contributed by atoms with Crippen LogP contribution in [0.1, 0.15) is 0 Å². The molecular weight excluding hydrogens is 326 g/mol. The molecule has 4 heavy (non-hydrogen) atoms. The SMILES string of the molecule is [Au].[O-2].[Ti].[Zn+2]. The molecule has 0 heterocycles. The summed E-state index contributed by atoms with van der Waals surface area (Å²) in [5.41, 5.74) is 0. The molecule has 0 saturated heterocycles. The van der Waals surface area contributed by atoms with Crippen LogP contribution in [0.15, 0.2) is 0 Å². The maximum absolute atomic E-state index is 0. The Morgan fingerprint density at radius 1 is 1.00 bits per heavy atom. The van der Waals surface area contributed by atoms with Gasteiger partial charge in [0.2, 0.25) is 0 Å². The van der Waals surface area contributed by atoms with Gasteiger partial charge in [-0.05, 0) is 0 Å². The van der Waals surface area contributed by atoms with E-state index in [4.69, 9.17) is 0 Å². The molecule has 0 atom stereocenters. The van der Waals surface area contributed by atoms with Crippen molar-refractivity contribution in [3.05, 3.63) is 0 Å². The molecule has 0 aliphatic heterocycles. The summed E-state index contributed by atoms with van der Waals surface area (Å²) in [7, 11) is 0. The van der Waals surface area contributed by atoms with Crippen molar-refractivity contribution in [2.24, 2.45) is 0 Å². The summed E-state index contributed by atoms with van der Waals surface area (Å²) in [5, 5.41) is 0. The van der Waals surface area contributed by atoms with Gasteiger partial charge in [-0.3, -0.25) is 0 Å². The van der Waals surface area contributed by atoms with Gasteiger partial charge in [-0.2, -0.15) is 0 Å². The van der Waals surface area contributed by atoms with Crippen LogP contribution < -0.4 is 0 Å². The fourth-order valence-electron chi connectivity index (χ4n) is 0. The van der Waals surface area contributed by atoms with Crippen molar-refractivity contribution in [1.82, 2.24) is 0 Å². The van der Waals surface area contributed by atoms with Crippen LogP contribution in [0.4, 0.5) is 0 Å². The summed E-state index contributed by atoms with van der Waals surface area (Å²) >= 11 is 0. The zero-order valence-electron chi connectivity index (χ0n) is 1.92. The Morgan fingerprint density at radius 2 is 1.00 bits per heavy atom. The zero-order chi connectivity index (χ0) is 0. The third-order valence-electron chi connectivity index (χ3n) is 0. The quantitative estimate of drug-likeness (QED) is 0.555. The van der Waals surface area contributed by atoms with Crippen LogP contribution in [0.5, 0.6) is 0 Å². The topological polar surface area (TPSA) is 28.5 Å². The summed E-state index contributed by atoms with van der Waals surface area (Å²) < 4.78 is 0. The zero-order valence-corrected chi connectivity index (χ0v) is 8.61. The number of rotatable bonds is 0. The fourth-order valence-corrected chi connectivity index (χ4v) is 0. The van der Waals surface area contributed by atoms with Crippen molar-refractivity contribution >= 4 is 0 Å². The van der Waals surface area contributed by atoms with Gasteiger partial charge in [0, 0.05) is 44.1 Å². The minimum absolute atomic E-state index is 0. The Morgan fingerprint density at radius 3 is 1.00 bits per heavy atom. The van der Waals surface area contributed by atoms with Gasteiger partial charge < -0.3 is 5.48 Å². The van der Waals surface area contributed by atoms with E-state index in [2.05, 4.69) is 0 Å². The molecule has 0 amide bonds. The predicted octanol–water partition coefficient (Wildman–Crippen LogP) is -0.126. The molecule has 0 aliphatic rings. The molecular formula is AuOTiZn. The van der Waals surface area contributed by atoms with Crippen molar-refractivity contribution in [1.29, 1.82) is 0 Å². The van der Waals surface area contributed by atoms with Crippen molar-refractivity contribution in [2.45, 2.75) is 0 Å². The molecule has 1 nitrogen and oxygen atoms in total. The summed E-state index contributed by atoms with van der Waals surface area (Å²) in [6.07, 6.45) is 0. The average molecular weight is 326 g/mol. The molecule has 0 rings (SSSR count). The monoisotopic (exact) mass is 325 g/mol. The van der Waals surface area contributed by atoms with Gasteiger partial charge in [-0.1, -0.05) is 0 Å². The third-order valence-corrected chi connectivity index (χ3v) is 0. The summed E-state index contributed by atoms with van der Waals surface area (Å²) in [5.74, 6) is 0. The second-order valence-corrected chi connectivity index (χ2v) is 0. The number of hydrogen-bond donors (Lipinski definition) is 0. The largest absolute Gasteiger partial charge is 2.00 e. The normalized spacial score (nSPS) is 0. The van der Waals surface area contributed by atoms with E-state index in [0.717, 1.165) is 0 Å². The Bertz CT molecular complexity index is 8.00. The second-order valence-electron chi connectivity index (χ2n) is 0. The van der Waals surface area contributed by atoms with Gasteiger partial charge in [0.1, 0.15) is 0 Å². The van der Waals surface area contributed by atoms with Crippen molar-refractivity contribution in [3.8, 4) is 0 Å². The van der Waals surface area contributed by atoms with Crippen LogP contribution in [0.3, 0.4) is 0 Å². The Labute approximate surface area is 68.4 Å². The first-order valence-corrected chi connectivity index (χ1v) is 0. The standard InChI is InChI=1S/Au.O.Ti.Zn/q;-2;;+2. The van der Waals surface area contributed by atoms with E-state index >= 15 is 0 Å². The van der Waals surface area contributed by atoms with Crippen molar-refractivity contribution in [3.63, 3.8) is 0 Å². The molecule has 0 aliphatic carbocycles. The maximum atomic E-state index is 0. The second kappa shape index (κ2) is 19.8. The maximum Gasteiger partial charge on any atom is 2.00 e. The number of hydrogen-bond acceptors (Lipinski definition) is 0. The van der Waals surface area contributed by atoms with Crippen LogP contribution in [0.2, 0.25) is 0 Å². The summed E-state index contributed by atoms with van der Waals surface area (Å²) in [6.45, 7) is 0. The molecule has 0 unspecified atom stereocenters. The minimum atomic E-state index is 0. The Kier molecular flexibility index (Phi) is 182. The van der Waals surface area contributed by atoms with Crippen LogP contribution >= 0.6 is 0 Å². The summed E-state index contributed by atoms with van der Waals surface area (Å²) in [4.78, 5) is 0. The van der Waals surface area contributed by atoms with E-state index in [1.54, 1.807) is 0 Å². The molecule has 0 spiro atoms. The summed E-state index contributed by atoms with van der Waals surface area (Å²) in [6, 6.07) is 0. The molecule has 1 radical (unpaired) electrons. The first-order chi connectivity index (χ1) is 0. The predicted molar refractivity (Wildman–Crippen MR) is 0.686 cm³/mol. The van der Waals surface area contributed by atoms with Crippen LogP contribution in [-0.2, 0) is 69.1 Å². The first kappa shape index (κ1) is 36.9. The van der Waals surface area contributed by atoms with E-state index in [0.29, 0.717) is 0 Å². The van der Waals surface area contributed by atoms with E-state index in [1.165, 1.54) is 0 Å². The van der Waals surface area contributed by atoms with E-state index in [9.17, 15) is 0 Å². The Hall–Kier alpha value is 2.04. The van der Waals surface area contributed by atoms with Crippen LogP contribution in [0.25, 0.3) is 0 Å². The van der Waals surface area contributed by atoms with E-state index in [-0.39, 0.29) is 69.1 Å². The fraction of sp³-hybridized carbons (Fsp3) is 0. The molecule has 0 N–H and O–H groups in total. The van der Waals surface area contributed by atoms with Crippen LogP contribution in [0, 0.1) is 0 Å². The van der Waals surface area contributed by atoms with Crippen LogP contribution in [-0.4, -0.2) is 0 Å². The first-order valence-electron chi connectivity index (χ1n) is 0. The molecule has 23 valence electrons. The molecule has 0 aromatic heterocycles. The van der Waals surface area contributed by atoms with Gasteiger partial charge in [0.15, 0.2) is 0 Å². The van der Waals surface area contributed by atoms with Gasteiger partial charge >= 0.3 is 19.5 Å². The minimum Gasteiger partial charge on any atom is -2.00 e. The van der Waals surface area contributed by atoms with Crippen molar-refractivity contribution in [2.75, 3.05) is 0 Å². The molecule has 0 fully saturated rings. The smallest absolute Gasteiger partial charge is 2.00 e. The van der Waals surface area contributed by atoms with E-state index < -0.39 is 0 Å². The molecule has 4 heteroatoms. The molecule has 0 aromatic rings. The van der Waals surface area contributed by atoms with Gasteiger partial charge in [0.05, 0.1) is 0 Å². The van der Waals surface area contributed by atoms with Gasteiger partial charge in [-0.15, -0.1) is 0 Å². The van der Waals surface area contributed by atoms with Crippen molar-refractivity contribution < 1.29 is 69.1 Å². The molecule has 0 bridgehead atoms. The molecule has 0 saturated carbocycles. The van der Waals surface area contributed by atoms with Gasteiger partial charge in [0.25, 0.3) is 0 Å². The van der Waals surface area contributed by atoms with Gasteiger partial charge in [-0.25, -0.2) is 0 Å².